The smallest absolute Gasteiger partial charge is 0.221 e. The number of anilines is 1. The molecule has 4 heteroatoms. The maximum atomic E-state index is 5.56. The summed E-state index contributed by atoms with van der Waals surface area (Å²) in [7, 11) is 0. The van der Waals surface area contributed by atoms with Gasteiger partial charge in [0.2, 0.25) is 5.95 Å². The molecule has 1 aromatic heterocycles. The summed E-state index contributed by atoms with van der Waals surface area (Å²) in [4.78, 5) is 8.12. The molecule has 1 aromatic rings. The van der Waals surface area contributed by atoms with Crippen molar-refractivity contribution >= 4 is 17.7 Å². The standard InChI is InChI=1S/C11H17N3S/c1-8-3-2-4-9(7-8)15-10-5-6-13-11(12)14-10/h5-6,8-9H,2-4,7H2,1H3,(H2,12,13,14). The minimum atomic E-state index is 0.379. The number of hydrogen-bond donors (Lipinski definition) is 1. The van der Waals surface area contributed by atoms with Gasteiger partial charge in [-0.3, -0.25) is 0 Å². The van der Waals surface area contributed by atoms with Crippen LogP contribution in [0.15, 0.2) is 17.3 Å². The van der Waals surface area contributed by atoms with Crippen LogP contribution in [0.1, 0.15) is 32.6 Å². The molecule has 1 fully saturated rings. The van der Waals surface area contributed by atoms with Gasteiger partial charge in [0.25, 0.3) is 0 Å². The zero-order valence-corrected chi connectivity index (χ0v) is 9.83. The van der Waals surface area contributed by atoms with Crippen LogP contribution in [0.2, 0.25) is 0 Å². The topological polar surface area (TPSA) is 51.8 Å². The Balaban J connectivity index is 1.96. The molecular weight excluding hydrogens is 206 g/mol. The van der Waals surface area contributed by atoms with Gasteiger partial charge in [-0.1, -0.05) is 19.8 Å². The molecule has 1 aliphatic carbocycles. The maximum absolute atomic E-state index is 5.56. The molecule has 0 amide bonds. The second-order valence-electron chi connectivity index (χ2n) is 4.26. The Bertz CT molecular complexity index is 329. The van der Waals surface area contributed by atoms with E-state index in [9.17, 15) is 0 Å². The van der Waals surface area contributed by atoms with E-state index in [-0.39, 0.29) is 0 Å². The Morgan fingerprint density at radius 3 is 3.07 bits per heavy atom. The molecule has 82 valence electrons. The summed E-state index contributed by atoms with van der Waals surface area (Å²) in [6.45, 7) is 2.33. The Morgan fingerprint density at radius 2 is 2.33 bits per heavy atom. The van der Waals surface area contributed by atoms with E-state index in [1.165, 1.54) is 25.7 Å². The van der Waals surface area contributed by atoms with E-state index in [4.69, 9.17) is 5.73 Å². The van der Waals surface area contributed by atoms with E-state index in [0.717, 1.165) is 10.9 Å². The van der Waals surface area contributed by atoms with Crippen LogP contribution in [0.25, 0.3) is 0 Å². The van der Waals surface area contributed by atoms with Crippen LogP contribution >= 0.6 is 11.8 Å². The molecule has 0 radical (unpaired) electrons. The van der Waals surface area contributed by atoms with Crippen LogP contribution in [-0.4, -0.2) is 15.2 Å². The van der Waals surface area contributed by atoms with Gasteiger partial charge in [-0.2, -0.15) is 0 Å². The van der Waals surface area contributed by atoms with Crippen LogP contribution in [-0.2, 0) is 0 Å². The molecule has 0 saturated heterocycles. The largest absolute Gasteiger partial charge is 0.368 e. The molecule has 0 bridgehead atoms. The van der Waals surface area contributed by atoms with Crippen molar-refractivity contribution in [3.63, 3.8) is 0 Å². The highest BCUT2D eigenvalue weighted by Gasteiger charge is 2.20. The molecule has 3 nitrogen and oxygen atoms in total. The van der Waals surface area contributed by atoms with Gasteiger partial charge in [0.1, 0.15) is 5.03 Å². The highest BCUT2D eigenvalue weighted by Crippen LogP contribution is 2.35. The molecule has 2 unspecified atom stereocenters. The lowest BCUT2D eigenvalue weighted by Gasteiger charge is -2.25. The normalized spacial score (nSPS) is 26.5. The van der Waals surface area contributed by atoms with E-state index in [0.29, 0.717) is 11.2 Å². The Labute approximate surface area is 94.9 Å². The molecule has 2 rings (SSSR count). The highest BCUT2D eigenvalue weighted by atomic mass is 32.2. The van der Waals surface area contributed by atoms with E-state index in [1.807, 2.05) is 17.8 Å². The van der Waals surface area contributed by atoms with Crippen molar-refractivity contribution in [2.24, 2.45) is 5.92 Å². The highest BCUT2D eigenvalue weighted by molar-refractivity contribution is 7.99. The van der Waals surface area contributed by atoms with Crippen LogP contribution in [0.5, 0.6) is 0 Å². The molecule has 0 aliphatic heterocycles. The van der Waals surface area contributed by atoms with Gasteiger partial charge in [-0.25, -0.2) is 9.97 Å². The Morgan fingerprint density at radius 1 is 1.47 bits per heavy atom. The summed E-state index contributed by atoms with van der Waals surface area (Å²) in [5.74, 6) is 1.24. The van der Waals surface area contributed by atoms with E-state index >= 15 is 0 Å². The first kappa shape index (κ1) is 10.7. The fraction of sp³-hybridized carbons (Fsp3) is 0.636. The third kappa shape index (κ3) is 3.09. The second-order valence-corrected chi connectivity index (χ2v) is 5.59. The lowest BCUT2D eigenvalue weighted by Crippen LogP contribution is -2.15. The molecule has 1 aliphatic rings. The Kier molecular flexibility index (Phi) is 3.46. The third-order valence-electron chi connectivity index (χ3n) is 2.82. The SMILES string of the molecule is CC1CCCC(Sc2ccnc(N)n2)C1. The van der Waals surface area contributed by atoms with Crippen molar-refractivity contribution in [2.45, 2.75) is 42.9 Å². The fourth-order valence-corrected chi connectivity index (χ4v) is 3.41. The molecule has 0 aromatic carbocycles. The summed E-state index contributed by atoms with van der Waals surface area (Å²) >= 11 is 1.85. The first-order valence-corrected chi connectivity index (χ1v) is 6.37. The van der Waals surface area contributed by atoms with Crippen molar-refractivity contribution in [2.75, 3.05) is 5.73 Å². The maximum Gasteiger partial charge on any atom is 0.221 e. The summed E-state index contributed by atoms with van der Waals surface area (Å²) < 4.78 is 0. The summed E-state index contributed by atoms with van der Waals surface area (Å²) in [6, 6.07) is 1.94. The van der Waals surface area contributed by atoms with Gasteiger partial charge in [0.05, 0.1) is 0 Å². The first-order chi connectivity index (χ1) is 7.24. The van der Waals surface area contributed by atoms with Gasteiger partial charge in [0, 0.05) is 11.4 Å². The minimum Gasteiger partial charge on any atom is -0.368 e. The van der Waals surface area contributed by atoms with Crippen molar-refractivity contribution in [1.82, 2.24) is 9.97 Å². The zero-order chi connectivity index (χ0) is 10.7. The molecule has 2 atom stereocenters. The number of rotatable bonds is 2. The second kappa shape index (κ2) is 4.84. The predicted octanol–water partition coefficient (Wildman–Crippen LogP) is 2.73. The van der Waals surface area contributed by atoms with Crippen molar-refractivity contribution < 1.29 is 0 Å². The number of aromatic nitrogens is 2. The molecule has 2 N–H and O–H groups in total. The van der Waals surface area contributed by atoms with Gasteiger partial charge in [-0.15, -0.1) is 11.8 Å². The minimum absolute atomic E-state index is 0.379. The van der Waals surface area contributed by atoms with Crippen molar-refractivity contribution in [3.05, 3.63) is 12.3 Å². The van der Waals surface area contributed by atoms with Gasteiger partial charge in [0.15, 0.2) is 0 Å². The Hall–Kier alpha value is -0.770. The van der Waals surface area contributed by atoms with Gasteiger partial charge < -0.3 is 5.73 Å². The van der Waals surface area contributed by atoms with E-state index < -0.39 is 0 Å². The molecule has 1 saturated carbocycles. The van der Waals surface area contributed by atoms with Crippen LogP contribution < -0.4 is 5.73 Å². The third-order valence-corrected chi connectivity index (χ3v) is 4.05. The number of nitrogens with zero attached hydrogens (tertiary/aromatic N) is 2. The van der Waals surface area contributed by atoms with E-state index in [1.54, 1.807) is 6.20 Å². The van der Waals surface area contributed by atoms with Crippen molar-refractivity contribution in [1.29, 1.82) is 0 Å². The summed E-state index contributed by atoms with van der Waals surface area (Å²) in [5, 5.41) is 1.73. The fourth-order valence-electron chi connectivity index (χ4n) is 2.08. The predicted molar refractivity (Wildman–Crippen MR) is 63.7 cm³/mol. The average molecular weight is 223 g/mol. The summed E-state index contributed by atoms with van der Waals surface area (Å²) in [6.07, 6.45) is 7.06. The lowest BCUT2D eigenvalue weighted by molar-refractivity contribution is 0.394. The van der Waals surface area contributed by atoms with Gasteiger partial charge >= 0.3 is 0 Å². The van der Waals surface area contributed by atoms with Crippen LogP contribution in [0.4, 0.5) is 5.95 Å². The number of hydrogen-bond acceptors (Lipinski definition) is 4. The molecule has 1 heterocycles. The molecule has 15 heavy (non-hydrogen) atoms. The zero-order valence-electron chi connectivity index (χ0n) is 9.02. The first-order valence-electron chi connectivity index (χ1n) is 5.49. The monoisotopic (exact) mass is 223 g/mol. The summed E-state index contributed by atoms with van der Waals surface area (Å²) in [5.41, 5.74) is 5.56. The van der Waals surface area contributed by atoms with Crippen molar-refractivity contribution in [3.8, 4) is 0 Å². The molecular formula is C11H17N3S. The average Bonchev–Trinajstić information content (AvgIpc) is 2.17. The number of nitrogens with two attached hydrogens (primary N) is 1. The number of thioether (sulfide) groups is 1. The quantitative estimate of drug-likeness (QED) is 0.783. The van der Waals surface area contributed by atoms with Crippen LogP contribution in [0, 0.1) is 5.92 Å². The molecule has 0 spiro atoms. The van der Waals surface area contributed by atoms with Gasteiger partial charge in [-0.05, 0) is 24.8 Å². The van der Waals surface area contributed by atoms with E-state index in [2.05, 4.69) is 16.9 Å². The lowest BCUT2D eigenvalue weighted by atomic mass is 9.91. The van der Waals surface area contributed by atoms with Crippen LogP contribution in [0.3, 0.4) is 0 Å². The number of nitrogen functional groups attached to an aromatic ring is 1.